The van der Waals surface area contributed by atoms with Gasteiger partial charge in [-0.05, 0) is 52.2 Å². The topological polar surface area (TPSA) is 47.3 Å². The molecule has 0 aliphatic rings. The lowest BCUT2D eigenvalue weighted by Crippen LogP contribution is -2.30. The van der Waals surface area contributed by atoms with Crippen LogP contribution in [0.2, 0.25) is 0 Å². The van der Waals surface area contributed by atoms with Crippen molar-refractivity contribution in [2.24, 2.45) is 5.84 Å². The van der Waals surface area contributed by atoms with Gasteiger partial charge in [0.1, 0.15) is 11.6 Å². The molecule has 0 amide bonds. The van der Waals surface area contributed by atoms with Crippen LogP contribution in [0.4, 0.5) is 4.39 Å². The number of hydrogen-bond donors (Lipinski definition) is 2. The van der Waals surface area contributed by atoms with Crippen molar-refractivity contribution in [1.82, 2.24) is 5.43 Å². The molecule has 3 N–H and O–H groups in total. The van der Waals surface area contributed by atoms with Gasteiger partial charge < -0.3 is 4.74 Å². The zero-order chi connectivity index (χ0) is 15.4. The van der Waals surface area contributed by atoms with Crippen LogP contribution >= 0.6 is 31.9 Å². The zero-order valence-corrected chi connectivity index (χ0v) is 14.5. The smallest absolute Gasteiger partial charge is 0.133 e. The second-order valence-corrected chi connectivity index (χ2v) is 6.33. The Bertz CT molecular complexity index is 637. The predicted octanol–water partition coefficient (Wildman–Crippen LogP) is 4.11. The van der Waals surface area contributed by atoms with Crippen molar-refractivity contribution in [2.75, 3.05) is 7.11 Å². The van der Waals surface area contributed by atoms with Gasteiger partial charge in [0.2, 0.25) is 0 Å². The van der Waals surface area contributed by atoms with E-state index in [0.717, 1.165) is 15.8 Å². The number of methoxy groups -OCH3 is 1. The van der Waals surface area contributed by atoms with Gasteiger partial charge in [-0.15, -0.1) is 0 Å². The second kappa shape index (κ2) is 7.35. The summed E-state index contributed by atoms with van der Waals surface area (Å²) in [6.45, 7) is 0. The van der Waals surface area contributed by atoms with E-state index >= 15 is 0 Å². The van der Waals surface area contributed by atoms with Crippen molar-refractivity contribution >= 4 is 31.9 Å². The Morgan fingerprint density at radius 2 is 2.00 bits per heavy atom. The van der Waals surface area contributed by atoms with Crippen LogP contribution in [-0.2, 0) is 6.42 Å². The molecule has 2 aromatic rings. The van der Waals surface area contributed by atoms with Gasteiger partial charge in [0.25, 0.3) is 0 Å². The Balaban J connectivity index is 2.24. The Kier molecular flexibility index (Phi) is 5.75. The van der Waals surface area contributed by atoms with Crippen LogP contribution in [0.1, 0.15) is 17.2 Å². The van der Waals surface area contributed by atoms with E-state index in [9.17, 15) is 4.39 Å². The number of halogens is 3. The molecular weight excluding hydrogens is 403 g/mol. The minimum absolute atomic E-state index is 0.292. The van der Waals surface area contributed by atoms with Gasteiger partial charge >= 0.3 is 0 Å². The van der Waals surface area contributed by atoms with Crippen LogP contribution in [0.15, 0.2) is 45.3 Å². The molecule has 2 aromatic carbocycles. The predicted molar refractivity (Wildman–Crippen MR) is 88.6 cm³/mol. The molecule has 0 fully saturated rings. The van der Waals surface area contributed by atoms with Crippen molar-refractivity contribution < 1.29 is 9.13 Å². The van der Waals surface area contributed by atoms with E-state index in [4.69, 9.17) is 10.6 Å². The highest BCUT2D eigenvalue weighted by atomic mass is 79.9. The Labute approximate surface area is 139 Å². The minimum atomic E-state index is -0.307. The molecule has 6 heteroatoms. The van der Waals surface area contributed by atoms with Crippen LogP contribution in [0.25, 0.3) is 0 Å². The molecule has 0 aromatic heterocycles. The summed E-state index contributed by atoms with van der Waals surface area (Å²) in [5.41, 5.74) is 4.23. The van der Waals surface area contributed by atoms with Gasteiger partial charge in [-0.2, -0.15) is 0 Å². The number of hydrogen-bond acceptors (Lipinski definition) is 3. The molecule has 21 heavy (non-hydrogen) atoms. The number of nitrogens with two attached hydrogens (primary N) is 1. The first kappa shape index (κ1) is 16.4. The average molecular weight is 418 g/mol. The van der Waals surface area contributed by atoms with Gasteiger partial charge in [0.15, 0.2) is 0 Å². The molecule has 0 saturated heterocycles. The highest BCUT2D eigenvalue weighted by Crippen LogP contribution is 2.28. The highest BCUT2D eigenvalue weighted by molar-refractivity contribution is 9.10. The number of nitrogens with one attached hydrogen (secondary N) is 1. The van der Waals surface area contributed by atoms with Crippen molar-refractivity contribution in [3.63, 3.8) is 0 Å². The fraction of sp³-hybridized carbons (Fsp3) is 0.200. The lowest BCUT2D eigenvalue weighted by molar-refractivity contribution is 0.411. The van der Waals surface area contributed by atoms with E-state index in [1.54, 1.807) is 19.2 Å². The fourth-order valence-electron chi connectivity index (χ4n) is 2.12. The monoisotopic (exact) mass is 416 g/mol. The molecule has 3 nitrogen and oxygen atoms in total. The maximum atomic E-state index is 14.0. The highest BCUT2D eigenvalue weighted by Gasteiger charge is 2.16. The SMILES string of the molecule is COc1ccc(CC(NN)c2ccc(Br)cc2F)cc1Br. The molecule has 0 saturated carbocycles. The van der Waals surface area contributed by atoms with E-state index in [-0.39, 0.29) is 11.9 Å². The molecular formula is C15H15Br2FN2O. The first-order valence-corrected chi connectivity index (χ1v) is 7.87. The lowest BCUT2D eigenvalue weighted by Gasteiger charge is -2.18. The van der Waals surface area contributed by atoms with E-state index < -0.39 is 0 Å². The van der Waals surface area contributed by atoms with E-state index in [0.29, 0.717) is 16.5 Å². The molecule has 0 aliphatic carbocycles. The standard InChI is InChI=1S/C15H15Br2FN2O/c1-21-15-5-2-9(6-12(15)17)7-14(20-19)11-4-3-10(16)8-13(11)18/h2-6,8,14,20H,7,19H2,1H3. The molecule has 1 atom stereocenters. The average Bonchev–Trinajstić information content (AvgIpc) is 2.45. The quantitative estimate of drug-likeness (QED) is 0.568. The maximum Gasteiger partial charge on any atom is 0.133 e. The van der Waals surface area contributed by atoms with Gasteiger partial charge in [-0.1, -0.05) is 28.1 Å². The number of benzene rings is 2. The molecule has 0 bridgehead atoms. The number of hydrazine groups is 1. The van der Waals surface area contributed by atoms with Crippen molar-refractivity contribution in [3.8, 4) is 5.75 Å². The third-order valence-electron chi connectivity index (χ3n) is 3.20. The summed E-state index contributed by atoms with van der Waals surface area (Å²) in [6.07, 6.45) is 0.567. The summed E-state index contributed by atoms with van der Waals surface area (Å²) < 4.78 is 20.8. The van der Waals surface area contributed by atoms with E-state index in [2.05, 4.69) is 37.3 Å². The van der Waals surface area contributed by atoms with Crippen LogP contribution in [0.3, 0.4) is 0 Å². The van der Waals surface area contributed by atoms with Crippen LogP contribution in [-0.4, -0.2) is 7.11 Å². The second-order valence-electron chi connectivity index (χ2n) is 4.56. The van der Waals surface area contributed by atoms with Crippen LogP contribution in [0, 0.1) is 5.82 Å². The molecule has 2 rings (SSSR count). The van der Waals surface area contributed by atoms with E-state index in [1.165, 1.54) is 6.07 Å². The minimum Gasteiger partial charge on any atom is -0.496 e. The Hall–Kier alpha value is -0.950. The summed E-state index contributed by atoms with van der Waals surface area (Å²) in [4.78, 5) is 0. The summed E-state index contributed by atoms with van der Waals surface area (Å²) in [5, 5.41) is 0. The summed E-state index contributed by atoms with van der Waals surface area (Å²) in [5.74, 6) is 6.05. The van der Waals surface area contributed by atoms with Crippen LogP contribution in [0.5, 0.6) is 5.75 Å². The van der Waals surface area contributed by atoms with Gasteiger partial charge in [-0.3, -0.25) is 11.3 Å². The number of rotatable bonds is 5. The van der Waals surface area contributed by atoms with Crippen LogP contribution < -0.4 is 16.0 Å². The van der Waals surface area contributed by atoms with Gasteiger partial charge in [0, 0.05) is 10.0 Å². The normalized spacial score (nSPS) is 12.2. The van der Waals surface area contributed by atoms with Crippen molar-refractivity contribution in [2.45, 2.75) is 12.5 Å². The Morgan fingerprint density at radius 3 is 2.57 bits per heavy atom. The van der Waals surface area contributed by atoms with Gasteiger partial charge in [0.05, 0.1) is 17.6 Å². The Morgan fingerprint density at radius 1 is 1.24 bits per heavy atom. The van der Waals surface area contributed by atoms with Gasteiger partial charge in [-0.25, -0.2) is 4.39 Å². The first-order chi connectivity index (χ1) is 10.0. The lowest BCUT2D eigenvalue weighted by atomic mass is 9.99. The van der Waals surface area contributed by atoms with Crippen molar-refractivity contribution in [3.05, 3.63) is 62.3 Å². The molecule has 1 unspecified atom stereocenters. The molecule has 0 heterocycles. The molecule has 0 spiro atoms. The maximum absolute atomic E-state index is 14.0. The summed E-state index contributed by atoms with van der Waals surface area (Å²) in [6, 6.07) is 10.4. The fourth-order valence-corrected chi connectivity index (χ4v) is 3.04. The summed E-state index contributed by atoms with van der Waals surface area (Å²) in [7, 11) is 1.61. The largest absolute Gasteiger partial charge is 0.496 e. The first-order valence-electron chi connectivity index (χ1n) is 6.28. The van der Waals surface area contributed by atoms with Crippen molar-refractivity contribution in [1.29, 1.82) is 0 Å². The summed E-state index contributed by atoms with van der Waals surface area (Å²) >= 11 is 6.69. The third-order valence-corrected chi connectivity index (χ3v) is 4.31. The molecule has 112 valence electrons. The number of ether oxygens (including phenoxy) is 1. The van der Waals surface area contributed by atoms with E-state index in [1.807, 2.05) is 18.2 Å². The molecule has 0 aliphatic heterocycles. The third kappa shape index (κ3) is 4.03. The molecule has 0 radical (unpaired) electrons. The zero-order valence-electron chi connectivity index (χ0n) is 11.4.